The van der Waals surface area contributed by atoms with Gasteiger partial charge in [-0.2, -0.15) is 0 Å². The third-order valence-electron chi connectivity index (χ3n) is 2.86. The number of aromatic nitrogens is 1. The summed E-state index contributed by atoms with van der Waals surface area (Å²) in [6.07, 6.45) is 1.71. The molecule has 0 radical (unpaired) electrons. The monoisotopic (exact) mass is 229 g/mol. The van der Waals surface area contributed by atoms with Gasteiger partial charge in [-0.25, -0.2) is 4.79 Å². The number of hydrogen-bond acceptors (Lipinski definition) is 1. The quantitative estimate of drug-likeness (QED) is 0.821. The number of hydrogen-bond donors (Lipinski definition) is 1. The van der Waals surface area contributed by atoms with Crippen LogP contribution in [0.15, 0.2) is 30.9 Å². The van der Waals surface area contributed by atoms with E-state index in [1.54, 1.807) is 16.7 Å². The van der Waals surface area contributed by atoms with E-state index in [1.165, 1.54) is 0 Å². The van der Waals surface area contributed by atoms with Crippen molar-refractivity contribution in [2.75, 3.05) is 0 Å². The zero-order valence-electron chi connectivity index (χ0n) is 10.0. The standard InChI is InChI=1S/C14H15NO2/c1-4-5-15-12(14(16)17)8-11-7-9(2)6-10(3)13(11)15/h4,6-8H,1,5H2,2-3H3,(H,16,17). The van der Waals surface area contributed by atoms with Gasteiger partial charge in [0.25, 0.3) is 0 Å². The van der Waals surface area contributed by atoms with Gasteiger partial charge >= 0.3 is 5.97 Å². The molecule has 1 heterocycles. The Morgan fingerprint density at radius 1 is 1.41 bits per heavy atom. The Labute approximate surface area is 100.0 Å². The molecule has 0 bridgehead atoms. The summed E-state index contributed by atoms with van der Waals surface area (Å²) in [5, 5.41) is 10.2. The summed E-state index contributed by atoms with van der Waals surface area (Å²) in [5.74, 6) is -0.903. The molecule has 1 aromatic carbocycles. The first kappa shape index (κ1) is 11.5. The van der Waals surface area contributed by atoms with Crippen LogP contribution in [0.3, 0.4) is 0 Å². The van der Waals surface area contributed by atoms with Crippen molar-refractivity contribution in [1.82, 2.24) is 4.57 Å². The van der Waals surface area contributed by atoms with Crippen molar-refractivity contribution in [2.45, 2.75) is 20.4 Å². The highest BCUT2D eigenvalue weighted by Crippen LogP contribution is 2.25. The minimum atomic E-state index is -0.903. The Morgan fingerprint density at radius 2 is 2.12 bits per heavy atom. The zero-order chi connectivity index (χ0) is 12.6. The van der Waals surface area contributed by atoms with E-state index in [1.807, 2.05) is 19.9 Å². The normalized spacial score (nSPS) is 10.7. The number of aryl methyl sites for hydroxylation is 2. The summed E-state index contributed by atoms with van der Waals surface area (Å²) in [6.45, 7) is 8.20. The Balaban J connectivity index is 2.84. The zero-order valence-corrected chi connectivity index (χ0v) is 10.0. The van der Waals surface area contributed by atoms with Crippen LogP contribution in [0.5, 0.6) is 0 Å². The Kier molecular flexibility index (Phi) is 2.76. The molecule has 2 rings (SSSR count). The maximum absolute atomic E-state index is 11.2. The fourth-order valence-electron chi connectivity index (χ4n) is 2.31. The maximum atomic E-state index is 11.2. The molecule has 3 heteroatoms. The van der Waals surface area contributed by atoms with Gasteiger partial charge in [0, 0.05) is 11.9 Å². The maximum Gasteiger partial charge on any atom is 0.352 e. The summed E-state index contributed by atoms with van der Waals surface area (Å²) in [5.41, 5.74) is 3.53. The van der Waals surface area contributed by atoms with Crippen molar-refractivity contribution in [3.63, 3.8) is 0 Å². The summed E-state index contributed by atoms with van der Waals surface area (Å²) < 4.78 is 1.79. The first-order chi connectivity index (χ1) is 8.04. The minimum Gasteiger partial charge on any atom is -0.477 e. The van der Waals surface area contributed by atoms with E-state index in [9.17, 15) is 9.90 Å². The van der Waals surface area contributed by atoms with Crippen molar-refractivity contribution in [3.8, 4) is 0 Å². The Hall–Kier alpha value is -2.03. The molecule has 0 saturated carbocycles. The number of allylic oxidation sites excluding steroid dienone is 1. The van der Waals surface area contributed by atoms with Gasteiger partial charge in [-0.15, -0.1) is 6.58 Å². The molecule has 3 nitrogen and oxygen atoms in total. The number of fused-ring (bicyclic) bond motifs is 1. The van der Waals surface area contributed by atoms with E-state index < -0.39 is 5.97 Å². The summed E-state index contributed by atoms with van der Waals surface area (Å²) in [7, 11) is 0. The molecular formula is C14H15NO2. The Bertz CT molecular complexity index is 608. The van der Waals surface area contributed by atoms with Gasteiger partial charge in [0.1, 0.15) is 5.69 Å². The molecule has 0 aliphatic rings. The van der Waals surface area contributed by atoms with Gasteiger partial charge in [-0.05, 0) is 31.5 Å². The van der Waals surface area contributed by atoms with Gasteiger partial charge in [-0.3, -0.25) is 0 Å². The largest absolute Gasteiger partial charge is 0.477 e. The van der Waals surface area contributed by atoms with E-state index in [4.69, 9.17) is 0 Å². The number of nitrogens with zero attached hydrogens (tertiary/aromatic N) is 1. The topological polar surface area (TPSA) is 42.2 Å². The first-order valence-electron chi connectivity index (χ1n) is 5.49. The SMILES string of the molecule is C=CCn1c(C(=O)O)cc2cc(C)cc(C)c21. The first-order valence-corrected chi connectivity index (χ1v) is 5.49. The summed E-state index contributed by atoms with van der Waals surface area (Å²) in [4.78, 5) is 11.2. The lowest BCUT2D eigenvalue weighted by Crippen LogP contribution is -2.07. The molecule has 1 N–H and O–H groups in total. The predicted molar refractivity (Wildman–Crippen MR) is 68.6 cm³/mol. The smallest absolute Gasteiger partial charge is 0.352 e. The van der Waals surface area contributed by atoms with E-state index in [0.29, 0.717) is 12.2 Å². The van der Waals surface area contributed by atoms with E-state index >= 15 is 0 Å². The highest BCUT2D eigenvalue weighted by atomic mass is 16.4. The van der Waals surface area contributed by atoms with Crippen molar-refractivity contribution >= 4 is 16.9 Å². The lowest BCUT2D eigenvalue weighted by Gasteiger charge is -2.07. The van der Waals surface area contributed by atoms with Gasteiger partial charge in [-0.1, -0.05) is 17.7 Å². The molecule has 0 aliphatic heterocycles. The van der Waals surface area contributed by atoms with Crippen molar-refractivity contribution in [2.24, 2.45) is 0 Å². The van der Waals surface area contributed by atoms with Crippen LogP contribution in [0, 0.1) is 13.8 Å². The minimum absolute atomic E-state index is 0.314. The lowest BCUT2D eigenvalue weighted by atomic mass is 10.1. The predicted octanol–water partition coefficient (Wildman–Crippen LogP) is 3.14. The second kappa shape index (κ2) is 4.09. The summed E-state index contributed by atoms with van der Waals surface area (Å²) >= 11 is 0. The molecule has 1 aromatic heterocycles. The van der Waals surface area contributed by atoms with Crippen LogP contribution in [-0.2, 0) is 6.54 Å². The van der Waals surface area contributed by atoms with E-state index in [0.717, 1.165) is 22.0 Å². The molecule has 0 spiro atoms. The summed E-state index contributed by atoms with van der Waals surface area (Å²) in [6, 6.07) is 5.79. The van der Waals surface area contributed by atoms with E-state index in [2.05, 4.69) is 12.6 Å². The lowest BCUT2D eigenvalue weighted by molar-refractivity contribution is 0.0686. The van der Waals surface area contributed by atoms with Crippen LogP contribution < -0.4 is 0 Å². The molecule has 17 heavy (non-hydrogen) atoms. The molecule has 0 aliphatic carbocycles. The molecule has 0 saturated heterocycles. The second-order valence-electron chi connectivity index (χ2n) is 4.25. The fourth-order valence-corrected chi connectivity index (χ4v) is 2.31. The van der Waals surface area contributed by atoms with Gasteiger partial charge in [0.05, 0.1) is 5.52 Å². The van der Waals surface area contributed by atoms with Gasteiger partial charge in [0.15, 0.2) is 0 Å². The van der Waals surface area contributed by atoms with Crippen molar-refractivity contribution in [3.05, 3.63) is 47.7 Å². The van der Waals surface area contributed by atoms with Crippen LogP contribution in [0.25, 0.3) is 10.9 Å². The van der Waals surface area contributed by atoms with Gasteiger partial charge < -0.3 is 9.67 Å². The second-order valence-corrected chi connectivity index (χ2v) is 4.25. The average Bonchev–Trinajstić information content (AvgIpc) is 2.57. The number of aromatic carboxylic acids is 1. The van der Waals surface area contributed by atoms with E-state index in [-0.39, 0.29) is 0 Å². The molecule has 0 unspecified atom stereocenters. The van der Waals surface area contributed by atoms with Crippen LogP contribution in [0.1, 0.15) is 21.6 Å². The van der Waals surface area contributed by atoms with Crippen molar-refractivity contribution < 1.29 is 9.90 Å². The van der Waals surface area contributed by atoms with Crippen molar-refractivity contribution in [1.29, 1.82) is 0 Å². The molecule has 2 aromatic rings. The van der Waals surface area contributed by atoms with Crippen LogP contribution in [0.4, 0.5) is 0 Å². The number of carbonyl (C=O) groups is 1. The average molecular weight is 229 g/mol. The number of carboxylic acid groups (broad SMARTS) is 1. The molecule has 0 fully saturated rings. The third kappa shape index (κ3) is 1.84. The van der Waals surface area contributed by atoms with Crippen LogP contribution in [0.2, 0.25) is 0 Å². The highest BCUT2D eigenvalue weighted by molar-refractivity contribution is 5.96. The number of carboxylic acids is 1. The third-order valence-corrected chi connectivity index (χ3v) is 2.86. The van der Waals surface area contributed by atoms with Crippen LogP contribution >= 0.6 is 0 Å². The Morgan fingerprint density at radius 3 is 2.71 bits per heavy atom. The molecule has 88 valence electrons. The highest BCUT2D eigenvalue weighted by Gasteiger charge is 2.15. The fraction of sp³-hybridized carbons (Fsp3) is 0.214. The molecular weight excluding hydrogens is 214 g/mol. The van der Waals surface area contributed by atoms with Gasteiger partial charge in [0.2, 0.25) is 0 Å². The molecule has 0 amide bonds. The number of benzene rings is 1. The molecule has 0 atom stereocenters. The number of rotatable bonds is 3. The van der Waals surface area contributed by atoms with Crippen LogP contribution in [-0.4, -0.2) is 15.6 Å².